The second-order valence-corrected chi connectivity index (χ2v) is 5.61. The lowest BCUT2D eigenvalue weighted by Crippen LogP contribution is -2.38. The van der Waals surface area contributed by atoms with Gasteiger partial charge in [-0.25, -0.2) is 0 Å². The minimum absolute atomic E-state index is 0.264. The van der Waals surface area contributed by atoms with Crippen molar-refractivity contribution < 1.29 is 4.79 Å². The molecule has 1 aliphatic heterocycles. The van der Waals surface area contributed by atoms with Crippen molar-refractivity contribution in [3.63, 3.8) is 0 Å². The van der Waals surface area contributed by atoms with Gasteiger partial charge in [0, 0.05) is 19.1 Å². The Morgan fingerprint density at radius 2 is 2.00 bits per heavy atom. The Balaban J connectivity index is 1.60. The maximum atomic E-state index is 12.1. The number of hydrogen-bond acceptors (Lipinski definition) is 2. The standard InChI is InChI=1S/C16H22N2O/c19-16(18-10-3-4-11-18)12-17-15-9-5-7-13-6-1-2-8-14(13)15/h1-2,6,8,15,17H,3-5,7,9-12H2. The zero-order valence-electron chi connectivity index (χ0n) is 11.4. The number of likely N-dealkylation sites (tertiary alicyclic amines) is 1. The van der Waals surface area contributed by atoms with Crippen molar-refractivity contribution in [3.8, 4) is 0 Å². The topological polar surface area (TPSA) is 32.3 Å². The highest BCUT2D eigenvalue weighted by Gasteiger charge is 2.22. The molecule has 1 aliphatic carbocycles. The molecule has 0 radical (unpaired) electrons. The Labute approximate surface area is 115 Å². The van der Waals surface area contributed by atoms with Gasteiger partial charge in [-0.3, -0.25) is 4.79 Å². The predicted octanol–water partition coefficient (Wildman–Crippen LogP) is 2.28. The molecule has 3 heteroatoms. The Bertz CT molecular complexity index is 452. The van der Waals surface area contributed by atoms with Gasteiger partial charge in [0.05, 0.1) is 6.54 Å². The minimum Gasteiger partial charge on any atom is -0.342 e. The van der Waals surface area contributed by atoms with Gasteiger partial charge in [0.2, 0.25) is 5.91 Å². The van der Waals surface area contributed by atoms with Crippen LogP contribution in [-0.4, -0.2) is 30.4 Å². The fourth-order valence-electron chi connectivity index (χ4n) is 3.25. The van der Waals surface area contributed by atoms with Crippen LogP contribution in [0.1, 0.15) is 42.9 Å². The number of amides is 1. The summed E-state index contributed by atoms with van der Waals surface area (Å²) >= 11 is 0. The third kappa shape index (κ3) is 2.81. The van der Waals surface area contributed by atoms with Crippen LogP contribution in [0.25, 0.3) is 0 Å². The van der Waals surface area contributed by atoms with E-state index in [0.717, 1.165) is 32.4 Å². The van der Waals surface area contributed by atoms with E-state index in [0.29, 0.717) is 12.6 Å². The minimum atomic E-state index is 0.264. The second-order valence-electron chi connectivity index (χ2n) is 5.61. The molecule has 1 atom stereocenters. The Hall–Kier alpha value is -1.35. The van der Waals surface area contributed by atoms with Crippen molar-refractivity contribution in [1.82, 2.24) is 10.2 Å². The van der Waals surface area contributed by atoms with Gasteiger partial charge >= 0.3 is 0 Å². The Morgan fingerprint density at radius 3 is 2.84 bits per heavy atom. The first kappa shape index (κ1) is 12.7. The first-order valence-corrected chi connectivity index (χ1v) is 7.43. The second kappa shape index (κ2) is 5.74. The van der Waals surface area contributed by atoms with Crippen molar-refractivity contribution in [3.05, 3.63) is 35.4 Å². The smallest absolute Gasteiger partial charge is 0.236 e. The zero-order valence-corrected chi connectivity index (χ0v) is 11.4. The average molecular weight is 258 g/mol. The molecule has 3 rings (SSSR count). The van der Waals surface area contributed by atoms with E-state index in [1.165, 1.54) is 24.0 Å². The molecule has 1 fully saturated rings. The van der Waals surface area contributed by atoms with Crippen LogP contribution < -0.4 is 5.32 Å². The van der Waals surface area contributed by atoms with E-state index in [-0.39, 0.29) is 5.91 Å². The molecule has 1 saturated heterocycles. The molecule has 1 unspecified atom stereocenters. The zero-order chi connectivity index (χ0) is 13.1. The number of fused-ring (bicyclic) bond motifs is 1. The van der Waals surface area contributed by atoms with E-state index in [1.54, 1.807) is 0 Å². The molecule has 1 N–H and O–H groups in total. The van der Waals surface area contributed by atoms with E-state index in [1.807, 2.05) is 4.90 Å². The average Bonchev–Trinajstić information content (AvgIpc) is 2.99. The maximum Gasteiger partial charge on any atom is 0.236 e. The summed E-state index contributed by atoms with van der Waals surface area (Å²) < 4.78 is 0. The van der Waals surface area contributed by atoms with Crippen LogP contribution in [0.5, 0.6) is 0 Å². The molecule has 1 aromatic carbocycles. The number of benzene rings is 1. The van der Waals surface area contributed by atoms with Crippen LogP contribution in [0.2, 0.25) is 0 Å². The molecule has 0 aromatic heterocycles. The highest BCUT2D eigenvalue weighted by molar-refractivity contribution is 5.78. The Kier molecular flexibility index (Phi) is 3.83. The van der Waals surface area contributed by atoms with Gasteiger partial charge in [-0.1, -0.05) is 24.3 Å². The van der Waals surface area contributed by atoms with Crippen LogP contribution in [0.4, 0.5) is 0 Å². The summed E-state index contributed by atoms with van der Waals surface area (Å²) in [6.07, 6.45) is 5.86. The number of carbonyl (C=O) groups excluding carboxylic acids is 1. The molecule has 3 nitrogen and oxygen atoms in total. The van der Waals surface area contributed by atoms with Crippen LogP contribution in [0.3, 0.4) is 0 Å². The molecule has 102 valence electrons. The van der Waals surface area contributed by atoms with Gasteiger partial charge in [0.25, 0.3) is 0 Å². The van der Waals surface area contributed by atoms with Gasteiger partial charge in [-0.15, -0.1) is 0 Å². The molecule has 19 heavy (non-hydrogen) atoms. The molecular formula is C16H22N2O. The van der Waals surface area contributed by atoms with Gasteiger partial charge in [0.1, 0.15) is 0 Å². The summed E-state index contributed by atoms with van der Waals surface area (Å²) in [5, 5.41) is 3.46. The molecule has 1 amide bonds. The summed E-state index contributed by atoms with van der Waals surface area (Å²) in [4.78, 5) is 14.1. The van der Waals surface area contributed by atoms with Crippen molar-refractivity contribution in [2.24, 2.45) is 0 Å². The van der Waals surface area contributed by atoms with E-state index in [2.05, 4.69) is 29.6 Å². The molecule has 1 heterocycles. The van der Waals surface area contributed by atoms with Crippen molar-refractivity contribution in [2.45, 2.75) is 38.1 Å². The number of hydrogen-bond donors (Lipinski definition) is 1. The maximum absolute atomic E-state index is 12.1. The summed E-state index contributed by atoms with van der Waals surface area (Å²) in [6.45, 7) is 2.38. The van der Waals surface area contributed by atoms with E-state index in [9.17, 15) is 4.79 Å². The number of aryl methyl sites for hydroxylation is 1. The van der Waals surface area contributed by atoms with E-state index in [4.69, 9.17) is 0 Å². The first-order chi connectivity index (χ1) is 9.34. The Morgan fingerprint density at radius 1 is 1.21 bits per heavy atom. The summed E-state index contributed by atoms with van der Waals surface area (Å²) in [7, 11) is 0. The van der Waals surface area contributed by atoms with Crippen molar-refractivity contribution >= 4 is 5.91 Å². The monoisotopic (exact) mass is 258 g/mol. The number of rotatable bonds is 3. The fourth-order valence-corrected chi connectivity index (χ4v) is 3.25. The molecule has 1 aromatic rings. The summed E-state index contributed by atoms with van der Waals surface area (Å²) in [6, 6.07) is 8.98. The van der Waals surface area contributed by atoms with Gasteiger partial charge < -0.3 is 10.2 Å². The lowest BCUT2D eigenvalue weighted by molar-refractivity contribution is -0.129. The number of carbonyl (C=O) groups is 1. The summed E-state index contributed by atoms with van der Waals surface area (Å²) in [5.41, 5.74) is 2.84. The quantitative estimate of drug-likeness (QED) is 0.902. The van der Waals surface area contributed by atoms with Crippen LogP contribution in [0, 0.1) is 0 Å². The van der Waals surface area contributed by atoms with E-state index >= 15 is 0 Å². The lowest BCUT2D eigenvalue weighted by atomic mass is 9.88. The highest BCUT2D eigenvalue weighted by Crippen LogP contribution is 2.29. The van der Waals surface area contributed by atoms with Gasteiger partial charge in [-0.2, -0.15) is 0 Å². The third-order valence-corrected chi connectivity index (χ3v) is 4.33. The largest absolute Gasteiger partial charge is 0.342 e. The SMILES string of the molecule is O=C(CNC1CCCc2ccccc21)N1CCCC1. The van der Waals surface area contributed by atoms with Gasteiger partial charge in [-0.05, 0) is 43.2 Å². The predicted molar refractivity (Wildman–Crippen MR) is 75.9 cm³/mol. The molecule has 0 bridgehead atoms. The lowest BCUT2D eigenvalue weighted by Gasteiger charge is -2.27. The van der Waals surface area contributed by atoms with E-state index < -0.39 is 0 Å². The molecule has 2 aliphatic rings. The molecule has 0 spiro atoms. The van der Waals surface area contributed by atoms with Crippen molar-refractivity contribution in [1.29, 1.82) is 0 Å². The fraction of sp³-hybridized carbons (Fsp3) is 0.562. The highest BCUT2D eigenvalue weighted by atomic mass is 16.2. The normalized spacial score (nSPS) is 22.3. The van der Waals surface area contributed by atoms with Crippen LogP contribution in [0.15, 0.2) is 24.3 Å². The number of nitrogens with one attached hydrogen (secondary N) is 1. The first-order valence-electron chi connectivity index (χ1n) is 7.43. The molecule has 0 saturated carbocycles. The van der Waals surface area contributed by atoms with Crippen LogP contribution >= 0.6 is 0 Å². The summed E-state index contributed by atoms with van der Waals surface area (Å²) in [5.74, 6) is 0.264. The van der Waals surface area contributed by atoms with Gasteiger partial charge in [0.15, 0.2) is 0 Å². The number of nitrogens with zero attached hydrogens (tertiary/aromatic N) is 1. The van der Waals surface area contributed by atoms with Crippen molar-refractivity contribution in [2.75, 3.05) is 19.6 Å². The van der Waals surface area contributed by atoms with Crippen LogP contribution in [-0.2, 0) is 11.2 Å². The third-order valence-electron chi connectivity index (χ3n) is 4.33. The molecular weight excluding hydrogens is 236 g/mol.